The van der Waals surface area contributed by atoms with Crippen molar-refractivity contribution in [3.8, 4) is 0 Å². The van der Waals surface area contributed by atoms with E-state index in [2.05, 4.69) is 18.6 Å². The van der Waals surface area contributed by atoms with Crippen molar-refractivity contribution in [3.05, 3.63) is 70.8 Å². The highest BCUT2D eigenvalue weighted by molar-refractivity contribution is 5.89. The molecule has 2 rings (SSSR count). The number of unbranched alkanes of at least 4 members (excludes halogenated alkanes) is 6. The van der Waals surface area contributed by atoms with Crippen LogP contribution in [0.15, 0.2) is 48.5 Å². The van der Waals surface area contributed by atoms with Gasteiger partial charge in [0.05, 0.1) is 18.2 Å². The average Bonchev–Trinajstić information content (AvgIpc) is 2.96. The van der Waals surface area contributed by atoms with Crippen molar-refractivity contribution in [3.63, 3.8) is 0 Å². The standard InChI is InChI=1S/C17H26O3.C16H24O3/c1-3-4-6-13-20-14-7-5-8-15-9-11-16(12-10-15)17(18)19-2;1-2-3-5-12-19-13-6-4-7-14-8-10-15(11-9-14)16(17)18/h9-12H,3-8,13-14H2,1-2H3;8-11H,2-7,12-13H2,1H3,(H,17,18). The van der Waals surface area contributed by atoms with E-state index in [1.807, 2.05) is 36.4 Å². The Labute approximate surface area is 236 Å². The van der Waals surface area contributed by atoms with Crippen LogP contribution in [-0.2, 0) is 27.1 Å². The first-order chi connectivity index (χ1) is 19.0. The van der Waals surface area contributed by atoms with Gasteiger partial charge in [-0.25, -0.2) is 9.59 Å². The van der Waals surface area contributed by atoms with Gasteiger partial charge in [0.2, 0.25) is 0 Å². The summed E-state index contributed by atoms with van der Waals surface area (Å²) in [4.78, 5) is 22.0. The Morgan fingerprint density at radius 3 is 1.33 bits per heavy atom. The van der Waals surface area contributed by atoms with Gasteiger partial charge in [-0.15, -0.1) is 0 Å². The first-order valence-corrected chi connectivity index (χ1v) is 14.7. The fraction of sp³-hybridized carbons (Fsp3) is 0.576. The summed E-state index contributed by atoms with van der Waals surface area (Å²) in [7, 11) is 1.40. The predicted octanol–water partition coefficient (Wildman–Crippen LogP) is 7.92. The Hall–Kier alpha value is -2.70. The Morgan fingerprint density at radius 1 is 0.590 bits per heavy atom. The third-order valence-corrected chi connectivity index (χ3v) is 6.37. The zero-order chi connectivity index (χ0) is 28.6. The van der Waals surface area contributed by atoms with Crippen molar-refractivity contribution in [2.24, 2.45) is 0 Å². The SMILES string of the molecule is CCCCCOCCCCc1ccc(C(=O)O)cc1.CCCCCOCCCCc1ccc(C(=O)OC)cc1. The van der Waals surface area contributed by atoms with Crippen molar-refractivity contribution in [2.45, 2.75) is 90.9 Å². The lowest BCUT2D eigenvalue weighted by atomic mass is 10.1. The van der Waals surface area contributed by atoms with E-state index in [1.54, 1.807) is 12.1 Å². The van der Waals surface area contributed by atoms with E-state index < -0.39 is 5.97 Å². The maximum Gasteiger partial charge on any atom is 0.337 e. The topological polar surface area (TPSA) is 82.1 Å². The number of aryl methyl sites for hydroxylation is 2. The lowest BCUT2D eigenvalue weighted by Crippen LogP contribution is -2.01. The van der Waals surface area contributed by atoms with E-state index >= 15 is 0 Å². The molecule has 0 amide bonds. The molecule has 2 aromatic carbocycles. The molecule has 0 aliphatic carbocycles. The number of ether oxygens (including phenoxy) is 3. The fourth-order valence-electron chi connectivity index (χ4n) is 3.92. The number of carboxylic acids is 1. The summed E-state index contributed by atoms with van der Waals surface area (Å²) in [5.74, 6) is -1.15. The molecule has 0 bridgehead atoms. The van der Waals surface area contributed by atoms with Gasteiger partial charge in [-0.2, -0.15) is 0 Å². The smallest absolute Gasteiger partial charge is 0.337 e. The molecule has 0 heterocycles. The summed E-state index contributed by atoms with van der Waals surface area (Å²) >= 11 is 0. The number of benzene rings is 2. The van der Waals surface area contributed by atoms with E-state index in [9.17, 15) is 9.59 Å². The van der Waals surface area contributed by atoms with Crippen LogP contribution >= 0.6 is 0 Å². The van der Waals surface area contributed by atoms with Crippen LogP contribution in [0.1, 0.15) is 110 Å². The van der Waals surface area contributed by atoms with Crippen molar-refractivity contribution in [1.82, 2.24) is 0 Å². The van der Waals surface area contributed by atoms with Crippen LogP contribution in [0, 0.1) is 0 Å². The van der Waals surface area contributed by atoms with Crippen LogP contribution in [0.5, 0.6) is 0 Å². The number of carboxylic acid groups (broad SMARTS) is 1. The van der Waals surface area contributed by atoms with Crippen LogP contribution in [0.3, 0.4) is 0 Å². The number of hydrogen-bond donors (Lipinski definition) is 1. The van der Waals surface area contributed by atoms with E-state index in [4.69, 9.17) is 14.6 Å². The molecule has 6 heteroatoms. The molecular formula is C33H50O6. The van der Waals surface area contributed by atoms with E-state index in [0.717, 1.165) is 71.4 Å². The molecule has 1 N–H and O–H groups in total. The molecule has 0 fully saturated rings. The molecule has 0 saturated carbocycles. The number of hydrogen-bond acceptors (Lipinski definition) is 5. The van der Waals surface area contributed by atoms with Crippen molar-refractivity contribution in [1.29, 1.82) is 0 Å². The van der Waals surface area contributed by atoms with Crippen LogP contribution < -0.4 is 0 Å². The highest BCUT2D eigenvalue weighted by Crippen LogP contribution is 2.10. The summed E-state index contributed by atoms with van der Waals surface area (Å²) in [6.45, 7) is 7.84. The highest BCUT2D eigenvalue weighted by Gasteiger charge is 2.04. The van der Waals surface area contributed by atoms with E-state index in [1.165, 1.54) is 50.3 Å². The first-order valence-electron chi connectivity index (χ1n) is 14.7. The number of methoxy groups -OCH3 is 1. The number of carbonyl (C=O) groups excluding carboxylic acids is 1. The molecule has 39 heavy (non-hydrogen) atoms. The molecule has 0 unspecified atom stereocenters. The van der Waals surface area contributed by atoms with Gasteiger partial charge >= 0.3 is 11.9 Å². The van der Waals surface area contributed by atoms with Gasteiger partial charge in [0, 0.05) is 26.4 Å². The van der Waals surface area contributed by atoms with Crippen molar-refractivity contribution >= 4 is 11.9 Å². The van der Waals surface area contributed by atoms with Crippen LogP contribution in [-0.4, -0.2) is 50.6 Å². The average molecular weight is 543 g/mol. The summed E-state index contributed by atoms with van der Waals surface area (Å²) < 4.78 is 15.8. The zero-order valence-electron chi connectivity index (χ0n) is 24.4. The van der Waals surface area contributed by atoms with Gasteiger partial charge in [0.25, 0.3) is 0 Å². The molecule has 0 atom stereocenters. The molecule has 0 radical (unpaired) electrons. The monoisotopic (exact) mass is 542 g/mol. The van der Waals surface area contributed by atoms with E-state index in [-0.39, 0.29) is 5.97 Å². The minimum atomic E-state index is -0.868. The Balaban J connectivity index is 0.000000391. The maximum absolute atomic E-state index is 11.3. The van der Waals surface area contributed by atoms with Gasteiger partial charge in [-0.05, 0) is 86.8 Å². The second kappa shape index (κ2) is 23.2. The quantitative estimate of drug-likeness (QED) is 0.135. The summed E-state index contributed by atoms with van der Waals surface area (Å²) in [6.07, 6.45) is 13.7. The van der Waals surface area contributed by atoms with Crippen molar-refractivity contribution < 1.29 is 28.9 Å². The van der Waals surface area contributed by atoms with Gasteiger partial charge in [0.15, 0.2) is 0 Å². The zero-order valence-corrected chi connectivity index (χ0v) is 24.4. The van der Waals surface area contributed by atoms with Gasteiger partial charge in [-0.1, -0.05) is 63.8 Å². The molecule has 0 aliphatic rings. The lowest BCUT2D eigenvalue weighted by Gasteiger charge is -2.05. The van der Waals surface area contributed by atoms with Gasteiger partial charge in [0.1, 0.15) is 0 Å². The number of esters is 1. The molecular weight excluding hydrogens is 492 g/mol. The van der Waals surface area contributed by atoms with Gasteiger partial charge in [-0.3, -0.25) is 0 Å². The first kappa shape index (κ1) is 34.3. The lowest BCUT2D eigenvalue weighted by molar-refractivity contribution is 0.0599. The third kappa shape index (κ3) is 17.5. The summed E-state index contributed by atoms with van der Waals surface area (Å²) in [5, 5.41) is 8.79. The molecule has 0 aliphatic heterocycles. The molecule has 0 aromatic heterocycles. The largest absolute Gasteiger partial charge is 0.478 e. The van der Waals surface area contributed by atoms with Crippen molar-refractivity contribution in [2.75, 3.05) is 33.5 Å². The summed E-state index contributed by atoms with van der Waals surface area (Å²) in [5.41, 5.74) is 3.40. The Kier molecular flexibility index (Phi) is 20.4. The second-order valence-electron chi connectivity index (χ2n) is 9.74. The number of aromatic carboxylic acids is 1. The third-order valence-electron chi connectivity index (χ3n) is 6.37. The highest BCUT2D eigenvalue weighted by atomic mass is 16.5. The second-order valence-corrected chi connectivity index (χ2v) is 9.74. The molecule has 218 valence electrons. The molecule has 0 spiro atoms. The normalized spacial score (nSPS) is 10.5. The maximum atomic E-state index is 11.3. The molecule has 0 saturated heterocycles. The Bertz CT molecular complexity index is 876. The van der Waals surface area contributed by atoms with Crippen LogP contribution in [0.4, 0.5) is 0 Å². The molecule has 2 aromatic rings. The van der Waals surface area contributed by atoms with E-state index in [0.29, 0.717) is 11.1 Å². The fourth-order valence-corrected chi connectivity index (χ4v) is 3.92. The Morgan fingerprint density at radius 2 is 0.974 bits per heavy atom. The predicted molar refractivity (Wildman–Crippen MR) is 158 cm³/mol. The summed E-state index contributed by atoms with van der Waals surface area (Å²) in [6, 6.07) is 14.8. The van der Waals surface area contributed by atoms with Crippen LogP contribution in [0.2, 0.25) is 0 Å². The van der Waals surface area contributed by atoms with Gasteiger partial charge < -0.3 is 19.3 Å². The van der Waals surface area contributed by atoms with Crippen LogP contribution in [0.25, 0.3) is 0 Å². The minimum Gasteiger partial charge on any atom is -0.478 e. The molecule has 6 nitrogen and oxygen atoms in total. The number of carbonyl (C=O) groups is 2. The number of rotatable bonds is 20. The minimum absolute atomic E-state index is 0.281.